The first-order chi connectivity index (χ1) is 13.9. The van der Waals surface area contributed by atoms with Gasteiger partial charge in [-0.1, -0.05) is 6.07 Å². The predicted molar refractivity (Wildman–Crippen MR) is 111 cm³/mol. The molecule has 3 aromatic rings. The monoisotopic (exact) mass is 501 g/mol. The van der Waals surface area contributed by atoms with Gasteiger partial charge >= 0.3 is 5.97 Å². The van der Waals surface area contributed by atoms with E-state index in [1.54, 1.807) is 52.9 Å². The van der Waals surface area contributed by atoms with Crippen LogP contribution in [-0.2, 0) is 10.3 Å². The van der Waals surface area contributed by atoms with Crippen LogP contribution in [0.3, 0.4) is 0 Å². The molecule has 3 aromatic carbocycles. The second-order valence-electron chi connectivity index (χ2n) is 6.69. The van der Waals surface area contributed by atoms with Crippen molar-refractivity contribution >= 4 is 38.2 Å². The predicted octanol–water partition coefficient (Wildman–Crippen LogP) is 4.63. The topological polar surface area (TPSA) is 105 Å². The fourth-order valence-corrected chi connectivity index (χ4v) is 4.21. The van der Waals surface area contributed by atoms with Crippen LogP contribution in [0.25, 0.3) is 0 Å². The van der Waals surface area contributed by atoms with Crippen LogP contribution >= 0.6 is 22.6 Å². The fourth-order valence-electron chi connectivity index (χ4n) is 3.90. The van der Waals surface area contributed by atoms with Crippen LogP contribution in [-0.4, -0.2) is 20.1 Å². The maximum absolute atomic E-state index is 12.9. The molecule has 7 nitrogen and oxygen atoms in total. The molecule has 3 N–H and O–H groups in total. The van der Waals surface area contributed by atoms with E-state index in [4.69, 9.17) is 9.47 Å². The summed E-state index contributed by atoms with van der Waals surface area (Å²) in [4.78, 5) is 24.2. The number of hydrogen-bond acceptors (Lipinski definition) is 6. The minimum Gasteiger partial charge on any atom is -0.508 e. The first-order valence-electron chi connectivity index (χ1n) is 8.58. The van der Waals surface area contributed by atoms with Crippen molar-refractivity contribution in [2.24, 2.45) is 0 Å². The quantitative estimate of drug-likeness (QED) is 0.194. The average molecular weight is 501 g/mol. The van der Waals surface area contributed by atoms with Gasteiger partial charge in [0.2, 0.25) is 0 Å². The molecule has 0 saturated carbocycles. The molecule has 0 saturated heterocycles. The van der Waals surface area contributed by atoms with Gasteiger partial charge in [-0.3, -0.25) is 4.79 Å². The van der Waals surface area contributed by atoms with Crippen molar-refractivity contribution in [3.63, 3.8) is 0 Å². The first kappa shape index (κ1) is 17.8. The third-order valence-electron chi connectivity index (χ3n) is 5.02. The van der Waals surface area contributed by atoms with Crippen molar-refractivity contribution in [3.05, 3.63) is 76.9 Å². The Morgan fingerprint density at radius 1 is 0.897 bits per heavy atom. The number of carbonyl (C=O) groups is 2. The summed E-state index contributed by atoms with van der Waals surface area (Å²) in [5.74, 6) is 0.0607. The van der Waals surface area contributed by atoms with E-state index in [9.17, 15) is 19.8 Å². The van der Waals surface area contributed by atoms with Gasteiger partial charge in [0, 0.05) is 57.1 Å². The zero-order valence-corrected chi connectivity index (χ0v) is 16.8. The van der Waals surface area contributed by atoms with Gasteiger partial charge in [-0.15, -0.1) is 0 Å². The van der Waals surface area contributed by atoms with Crippen LogP contribution in [0.1, 0.15) is 27.0 Å². The second kappa shape index (κ2) is 6.11. The highest BCUT2D eigenvalue weighted by molar-refractivity contribution is 14.1. The molecule has 2 aliphatic heterocycles. The molecule has 29 heavy (non-hydrogen) atoms. The van der Waals surface area contributed by atoms with E-state index in [0.29, 0.717) is 39.4 Å². The molecule has 1 spiro atoms. The molecule has 0 aliphatic carbocycles. The molecule has 1 amide bonds. The van der Waals surface area contributed by atoms with E-state index in [1.165, 1.54) is 24.3 Å². The Kier molecular flexibility index (Phi) is 3.75. The molecule has 5 rings (SSSR count). The van der Waals surface area contributed by atoms with E-state index in [2.05, 4.69) is 5.32 Å². The highest BCUT2D eigenvalue weighted by atomic mass is 127. The Balaban J connectivity index is 1.81. The van der Waals surface area contributed by atoms with Gasteiger partial charge in [-0.2, -0.15) is 0 Å². The van der Waals surface area contributed by atoms with Gasteiger partial charge in [0.25, 0.3) is 3.91 Å². The smallest absolute Gasteiger partial charge is 0.340 e. The largest absolute Gasteiger partial charge is 0.508 e. The maximum atomic E-state index is 12.9. The van der Waals surface area contributed by atoms with Gasteiger partial charge in [0.15, 0.2) is 5.60 Å². The number of aromatic hydroxyl groups is 2. The van der Waals surface area contributed by atoms with Crippen molar-refractivity contribution in [3.8, 4) is 23.0 Å². The number of nitrogens with one attached hydrogen (secondary N) is 1. The second-order valence-corrected chi connectivity index (χ2v) is 7.67. The highest BCUT2D eigenvalue weighted by Gasteiger charge is 2.53. The lowest BCUT2D eigenvalue weighted by molar-refractivity contribution is 0.0224. The summed E-state index contributed by atoms with van der Waals surface area (Å²) in [7, 11) is 0. The van der Waals surface area contributed by atoms with Crippen molar-refractivity contribution in [2.45, 2.75) is 5.60 Å². The van der Waals surface area contributed by atoms with E-state index < -0.39 is 11.6 Å². The van der Waals surface area contributed by atoms with Crippen molar-refractivity contribution in [2.75, 3.05) is 5.32 Å². The molecule has 0 bridgehead atoms. The lowest BCUT2D eigenvalue weighted by atomic mass is 9.77. The van der Waals surface area contributed by atoms with Gasteiger partial charge in [0.05, 0.1) is 5.56 Å². The summed E-state index contributed by atoms with van der Waals surface area (Å²) in [5, 5.41) is 22.5. The number of carbonyl (C=O) groups excluding carboxylic acids is 2. The lowest BCUT2D eigenvalue weighted by Crippen LogP contribution is -2.32. The molecule has 0 fully saturated rings. The summed E-state index contributed by atoms with van der Waals surface area (Å²) >= 11 is 1.61. The van der Waals surface area contributed by atoms with E-state index in [0.717, 1.165) is 0 Å². The zero-order valence-electron chi connectivity index (χ0n) is 14.6. The Morgan fingerprint density at radius 3 is 2.07 bits per heavy atom. The zero-order chi connectivity index (χ0) is 20.3. The van der Waals surface area contributed by atoms with Crippen LogP contribution in [0.4, 0.5) is 10.5 Å². The Morgan fingerprint density at radius 2 is 1.48 bits per heavy atom. The molecular formula is C21H12INO6. The minimum absolute atomic E-state index is 0.00726. The first-order valence-corrected chi connectivity index (χ1v) is 9.65. The number of phenolic OH excluding ortho intramolecular Hbond substituents is 2. The number of esters is 1. The molecule has 2 aliphatic rings. The van der Waals surface area contributed by atoms with Crippen LogP contribution in [0.15, 0.2) is 54.6 Å². The molecular weight excluding hydrogens is 489 g/mol. The van der Waals surface area contributed by atoms with E-state index in [-0.39, 0.29) is 15.4 Å². The summed E-state index contributed by atoms with van der Waals surface area (Å²) in [6.07, 6.45) is 0. The van der Waals surface area contributed by atoms with Crippen LogP contribution in [0.5, 0.6) is 23.0 Å². The maximum Gasteiger partial charge on any atom is 0.340 e. The van der Waals surface area contributed by atoms with Crippen LogP contribution < -0.4 is 10.1 Å². The number of benzene rings is 3. The van der Waals surface area contributed by atoms with E-state index in [1.807, 2.05) is 0 Å². The third kappa shape index (κ3) is 2.55. The van der Waals surface area contributed by atoms with Crippen molar-refractivity contribution < 1.29 is 29.3 Å². The molecule has 0 atom stereocenters. The van der Waals surface area contributed by atoms with Crippen molar-refractivity contribution in [1.82, 2.24) is 0 Å². The van der Waals surface area contributed by atoms with Crippen LogP contribution in [0, 0.1) is 0 Å². The summed E-state index contributed by atoms with van der Waals surface area (Å²) in [5.41, 5.74) is 1.16. The van der Waals surface area contributed by atoms with E-state index >= 15 is 0 Å². The lowest BCUT2D eigenvalue weighted by Gasteiger charge is -2.36. The summed E-state index contributed by atoms with van der Waals surface area (Å²) < 4.78 is 11.6. The highest BCUT2D eigenvalue weighted by Crippen LogP contribution is 2.57. The normalized spacial score (nSPS) is 15.0. The Labute approximate surface area is 178 Å². The van der Waals surface area contributed by atoms with Gasteiger partial charge in [-0.05, 0) is 36.4 Å². The van der Waals surface area contributed by atoms with Crippen LogP contribution in [0.2, 0.25) is 0 Å². The summed E-state index contributed by atoms with van der Waals surface area (Å²) in [6.45, 7) is 0. The number of hydrogen-bond donors (Lipinski definition) is 3. The van der Waals surface area contributed by atoms with Gasteiger partial charge in [0.1, 0.15) is 23.0 Å². The molecule has 8 heteroatoms. The van der Waals surface area contributed by atoms with Crippen molar-refractivity contribution in [1.29, 1.82) is 0 Å². The molecule has 0 radical (unpaired) electrons. The average Bonchev–Trinajstić information content (AvgIpc) is 2.93. The van der Waals surface area contributed by atoms with Gasteiger partial charge in [-0.25, -0.2) is 4.79 Å². The SMILES string of the molecule is O=C(I)Nc1ccc2c(c1)C(=O)OC21c2ccc(O)cc2Oc2cc(O)ccc21. The number of fused-ring (bicyclic) bond motifs is 6. The molecule has 0 unspecified atom stereocenters. The number of anilines is 1. The Bertz CT molecular complexity index is 1170. The molecule has 2 heterocycles. The number of rotatable bonds is 1. The molecule has 0 aromatic heterocycles. The number of phenols is 2. The fraction of sp³-hybridized carbons (Fsp3) is 0.0476. The standard InChI is InChI=1S/C21H12INO6/c22-20(27)23-10-1-4-14-13(7-10)19(26)29-21(14)15-5-2-11(24)8-17(15)28-18-9-12(25)3-6-16(18)21/h1-9,24-25H,(H,23,27). The number of ether oxygens (including phenoxy) is 2. The molecule has 144 valence electrons. The Hall–Kier alpha value is -3.27. The van der Waals surface area contributed by atoms with Gasteiger partial charge < -0.3 is 25.0 Å². The summed E-state index contributed by atoms with van der Waals surface area (Å²) in [6, 6.07) is 14.1. The number of amides is 1. The number of halogens is 1. The minimum atomic E-state index is -1.30. The third-order valence-corrected chi connectivity index (χ3v) is 5.29.